The number of carbonyl (C=O) groups is 2. The standard InChI is InChI=1S/C16H12N4O4S/c1-9(21)17-16-19-13-7-4-11(8-14(13)25-16)18-15(22)10-2-5-12(6-3-10)20(23)24/h2-8H,1H3,(H,18,22)(H,17,19,21). The highest BCUT2D eigenvalue weighted by Gasteiger charge is 2.11. The Hall–Kier alpha value is -3.33. The van der Waals surface area contributed by atoms with Gasteiger partial charge in [-0.1, -0.05) is 11.3 Å². The molecule has 2 aromatic carbocycles. The van der Waals surface area contributed by atoms with Crippen LogP contribution >= 0.6 is 11.3 Å². The van der Waals surface area contributed by atoms with E-state index in [1.54, 1.807) is 18.2 Å². The number of carbonyl (C=O) groups excluding carboxylic acids is 2. The summed E-state index contributed by atoms with van der Waals surface area (Å²) in [5.41, 5.74) is 1.51. The lowest BCUT2D eigenvalue weighted by Crippen LogP contribution is -2.11. The molecule has 1 heterocycles. The molecule has 0 aliphatic carbocycles. The summed E-state index contributed by atoms with van der Waals surface area (Å²) in [5, 5.41) is 16.5. The zero-order chi connectivity index (χ0) is 18.0. The zero-order valence-electron chi connectivity index (χ0n) is 13.0. The number of anilines is 2. The number of nitro groups is 1. The van der Waals surface area contributed by atoms with Crippen LogP contribution in [0.25, 0.3) is 10.2 Å². The Morgan fingerprint density at radius 1 is 1.12 bits per heavy atom. The lowest BCUT2D eigenvalue weighted by molar-refractivity contribution is -0.384. The number of aromatic nitrogens is 1. The van der Waals surface area contributed by atoms with E-state index in [4.69, 9.17) is 0 Å². The van der Waals surface area contributed by atoms with Crippen molar-refractivity contribution in [1.29, 1.82) is 0 Å². The fourth-order valence-electron chi connectivity index (χ4n) is 2.14. The maximum Gasteiger partial charge on any atom is 0.269 e. The Bertz CT molecular complexity index is 981. The average molecular weight is 356 g/mol. The molecule has 2 amide bonds. The highest BCUT2D eigenvalue weighted by Crippen LogP contribution is 2.28. The van der Waals surface area contributed by atoms with Crippen LogP contribution in [0.3, 0.4) is 0 Å². The van der Waals surface area contributed by atoms with E-state index in [-0.39, 0.29) is 17.5 Å². The van der Waals surface area contributed by atoms with Gasteiger partial charge in [-0.05, 0) is 30.3 Å². The summed E-state index contributed by atoms with van der Waals surface area (Å²) in [7, 11) is 0. The summed E-state index contributed by atoms with van der Waals surface area (Å²) in [5.74, 6) is -0.577. The molecule has 3 rings (SSSR count). The van der Waals surface area contributed by atoms with Crippen molar-refractivity contribution in [2.45, 2.75) is 6.92 Å². The third kappa shape index (κ3) is 3.78. The number of hydrogen-bond acceptors (Lipinski definition) is 6. The van der Waals surface area contributed by atoms with Gasteiger partial charge < -0.3 is 10.6 Å². The molecule has 0 aliphatic rings. The number of nitro benzene ring substituents is 1. The zero-order valence-corrected chi connectivity index (χ0v) is 13.8. The smallest absolute Gasteiger partial charge is 0.269 e. The normalized spacial score (nSPS) is 10.4. The van der Waals surface area contributed by atoms with Crippen LogP contribution in [-0.2, 0) is 4.79 Å². The van der Waals surface area contributed by atoms with Gasteiger partial charge >= 0.3 is 0 Å². The van der Waals surface area contributed by atoms with Crippen LogP contribution in [-0.4, -0.2) is 21.7 Å². The van der Waals surface area contributed by atoms with Gasteiger partial charge in [0.1, 0.15) is 0 Å². The van der Waals surface area contributed by atoms with E-state index in [9.17, 15) is 19.7 Å². The fraction of sp³-hybridized carbons (Fsp3) is 0.0625. The maximum atomic E-state index is 12.2. The average Bonchev–Trinajstić information content (AvgIpc) is 2.95. The molecule has 25 heavy (non-hydrogen) atoms. The molecule has 0 spiro atoms. The third-order valence-corrected chi connectivity index (χ3v) is 4.20. The van der Waals surface area contributed by atoms with Gasteiger partial charge in [0, 0.05) is 30.3 Å². The van der Waals surface area contributed by atoms with E-state index in [1.165, 1.54) is 42.5 Å². The Balaban J connectivity index is 1.78. The van der Waals surface area contributed by atoms with Crippen LogP contribution in [0.4, 0.5) is 16.5 Å². The van der Waals surface area contributed by atoms with Crippen molar-refractivity contribution in [3.05, 3.63) is 58.1 Å². The summed E-state index contributed by atoms with van der Waals surface area (Å²) in [6.07, 6.45) is 0. The maximum absolute atomic E-state index is 12.2. The number of nitrogens with zero attached hydrogens (tertiary/aromatic N) is 2. The number of fused-ring (bicyclic) bond motifs is 1. The van der Waals surface area contributed by atoms with Gasteiger partial charge in [0.25, 0.3) is 11.6 Å². The molecule has 0 bridgehead atoms. The molecule has 2 N–H and O–H groups in total. The van der Waals surface area contributed by atoms with E-state index < -0.39 is 4.92 Å². The lowest BCUT2D eigenvalue weighted by atomic mass is 10.2. The number of nitrogens with one attached hydrogen (secondary N) is 2. The van der Waals surface area contributed by atoms with Crippen LogP contribution < -0.4 is 10.6 Å². The lowest BCUT2D eigenvalue weighted by Gasteiger charge is -2.05. The molecule has 126 valence electrons. The Labute approximate surface area is 145 Å². The van der Waals surface area contributed by atoms with Gasteiger partial charge in [0.2, 0.25) is 5.91 Å². The summed E-state index contributed by atoms with van der Waals surface area (Å²) < 4.78 is 0.810. The van der Waals surface area contributed by atoms with Crippen molar-refractivity contribution in [3.8, 4) is 0 Å². The Morgan fingerprint density at radius 2 is 1.84 bits per heavy atom. The molecular formula is C16H12N4O4S. The number of benzene rings is 2. The van der Waals surface area contributed by atoms with Crippen molar-refractivity contribution >= 4 is 49.9 Å². The first kappa shape index (κ1) is 16.5. The summed E-state index contributed by atoms with van der Waals surface area (Å²) >= 11 is 1.30. The number of thiazole rings is 1. The van der Waals surface area contributed by atoms with E-state index in [0.717, 1.165) is 4.70 Å². The molecule has 8 nitrogen and oxygen atoms in total. The monoisotopic (exact) mass is 356 g/mol. The van der Waals surface area contributed by atoms with Crippen LogP contribution in [0.1, 0.15) is 17.3 Å². The first-order chi connectivity index (χ1) is 11.9. The second kappa shape index (κ2) is 6.65. The predicted molar refractivity (Wildman–Crippen MR) is 95.0 cm³/mol. The molecule has 9 heteroatoms. The molecule has 0 saturated heterocycles. The van der Waals surface area contributed by atoms with Crippen LogP contribution in [0.5, 0.6) is 0 Å². The molecule has 0 saturated carbocycles. The van der Waals surface area contributed by atoms with Crippen molar-refractivity contribution in [2.75, 3.05) is 10.6 Å². The molecule has 0 atom stereocenters. The molecule has 0 fully saturated rings. The van der Waals surface area contributed by atoms with Crippen molar-refractivity contribution in [1.82, 2.24) is 4.98 Å². The fourth-order valence-corrected chi connectivity index (χ4v) is 3.10. The second-order valence-corrected chi connectivity index (χ2v) is 6.17. The largest absolute Gasteiger partial charge is 0.322 e. The van der Waals surface area contributed by atoms with E-state index in [2.05, 4.69) is 15.6 Å². The minimum Gasteiger partial charge on any atom is -0.322 e. The molecule has 3 aromatic rings. The number of non-ortho nitro benzene ring substituents is 1. The van der Waals surface area contributed by atoms with Crippen LogP contribution in [0, 0.1) is 10.1 Å². The molecule has 0 radical (unpaired) electrons. The van der Waals surface area contributed by atoms with Crippen LogP contribution in [0.15, 0.2) is 42.5 Å². The quantitative estimate of drug-likeness (QED) is 0.549. The predicted octanol–water partition coefficient (Wildman–Crippen LogP) is 3.42. The minimum absolute atomic E-state index is 0.0758. The summed E-state index contributed by atoms with van der Waals surface area (Å²) in [6.45, 7) is 1.40. The van der Waals surface area contributed by atoms with Gasteiger partial charge in [-0.3, -0.25) is 19.7 Å². The van der Waals surface area contributed by atoms with Crippen molar-refractivity contribution in [3.63, 3.8) is 0 Å². The molecule has 0 aliphatic heterocycles. The number of hydrogen-bond donors (Lipinski definition) is 2. The van der Waals surface area contributed by atoms with Crippen LogP contribution in [0.2, 0.25) is 0 Å². The molecule has 1 aromatic heterocycles. The highest BCUT2D eigenvalue weighted by molar-refractivity contribution is 7.22. The van der Waals surface area contributed by atoms with Gasteiger partial charge in [0.15, 0.2) is 5.13 Å². The van der Waals surface area contributed by atoms with E-state index in [0.29, 0.717) is 21.9 Å². The van der Waals surface area contributed by atoms with E-state index >= 15 is 0 Å². The third-order valence-electron chi connectivity index (χ3n) is 3.27. The SMILES string of the molecule is CC(=O)Nc1nc2ccc(NC(=O)c3ccc([N+](=O)[O-])cc3)cc2s1. The second-order valence-electron chi connectivity index (χ2n) is 5.14. The number of rotatable bonds is 4. The van der Waals surface area contributed by atoms with Gasteiger partial charge in [0.05, 0.1) is 15.1 Å². The molecular weight excluding hydrogens is 344 g/mol. The van der Waals surface area contributed by atoms with Crippen molar-refractivity contribution < 1.29 is 14.5 Å². The number of amides is 2. The molecule has 0 unspecified atom stereocenters. The topological polar surface area (TPSA) is 114 Å². The Morgan fingerprint density at radius 3 is 2.48 bits per heavy atom. The minimum atomic E-state index is -0.522. The summed E-state index contributed by atoms with van der Waals surface area (Å²) in [6, 6.07) is 10.5. The highest BCUT2D eigenvalue weighted by atomic mass is 32.1. The first-order valence-corrected chi connectivity index (χ1v) is 7.98. The first-order valence-electron chi connectivity index (χ1n) is 7.16. The van der Waals surface area contributed by atoms with E-state index in [1.807, 2.05) is 0 Å². The van der Waals surface area contributed by atoms with Gasteiger partial charge in [-0.2, -0.15) is 0 Å². The van der Waals surface area contributed by atoms with Gasteiger partial charge in [-0.25, -0.2) is 4.98 Å². The summed E-state index contributed by atoms with van der Waals surface area (Å²) in [4.78, 5) is 37.7. The van der Waals surface area contributed by atoms with Gasteiger partial charge in [-0.15, -0.1) is 0 Å². The Kier molecular flexibility index (Phi) is 4.40. The van der Waals surface area contributed by atoms with Crippen molar-refractivity contribution in [2.24, 2.45) is 0 Å².